The molecule has 1 saturated heterocycles. The van der Waals surface area contributed by atoms with Gasteiger partial charge in [-0.2, -0.15) is 5.10 Å². The summed E-state index contributed by atoms with van der Waals surface area (Å²) in [6.07, 6.45) is 8.66. The minimum absolute atomic E-state index is 0.110. The van der Waals surface area contributed by atoms with Crippen molar-refractivity contribution in [2.75, 3.05) is 11.9 Å². The van der Waals surface area contributed by atoms with Crippen LogP contribution in [0.4, 0.5) is 5.69 Å². The third kappa shape index (κ3) is 3.92. The number of piperidine rings is 1. The highest BCUT2D eigenvalue weighted by Gasteiger charge is 2.53. The normalized spacial score (nSPS) is 29.0. The largest absolute Gasteiger partial charge is 0.384 e. The van der Waals surface area contributed by atoms with Gasteiger partial charge < -0.3 is 5.32 Å². The molecule has 3 heterocycles. The number of rotatable bonds is 7. The Kier molecular flexibility index (Phi) is 5.43. The number of imide groups is 2. The van der Waals surface area contributed by atoms with Gasteiger partial charge >= 0.3 is 0 Å². The van der Waals surface area contributed by atoms with Crippen LogP contribution < -0.4 is 10.6 Å². The second-order valence-electron chi connectivity index (χ2n) is 12.8. The Balaban J connectivity index is 0.875. The number of carbonyl (C=O) groups is 4. The van der Waals surface area contributed by atoms with Crippen LogP contribution in [0.1, 0.15) is 96.2 Å². The Labute approximate surface area is 237 Å². The molecule has 4 amide bonds. The maximum Gasteiger partial charge on any atom is 0.264 e. The van der Waals surface area contributed by atoms with Crippen molar-refractivity contribution in [2.45, 2.75) is 75.8 Å². The number of carbonyl (C=O) groups excluding carboxylic acids is 4. The summed E-state index contributed by atoms with van der Waals surface area (Å²) in [6.45, 7) is 0.717. The van der Waals surface area contributed by atoms with Gasteiger partial charge in [-0.15, -0.1) is 0 Å². The number of amides is 4. The van der Waals surface area contributed by atoms with Gasteiger partial charge in [-0.25, -0.2) is 0 Å². The molecule has 4 fully saturated rings. The molecular formula is C32H33N5O4. The summed E-state index contributed by atoms with van der Waals surface area (Å²) in [4.78, 5) is 51.4. The van der Waals surface area contributed by atoms with Gasteiger partial charge in [-0.3, -0.25) is 34.1 Å². The summed E-state index contributed by atoms with van der Waals surface area (Å²) < 4.78 is 2.31. The number of hydrogen-bond acceptors (Lipinski definition) is 6. The molecule has 2 aromatic carbocycles. The Morgan fingerprint density at radius 2 is 1.73 bits per heavy atom. The van der Waals surface area contributed by atoms with Crippen molar-refractivity contribution in [2.24, 2.45) is 11.3 Å². The van der Waals surface area contributed by atoms with Crippen LogP contribution in [-0.4, -0.2) is 50.9 Å². The Morgan fingerprint density at radius 1 is 0.927 bits per heavy atom. The summed E-state index contributed by atoms with van der Waals surface area (Å²) in [5, 5.41) is 12.1. The highest BCUT2D eigenvalue weighted by atomic mass is 16.2. The molecular weight excluding hydrogens is 518 g/mol. The molecule has 8 rings (SSSR count). The summed E-state index contributed by atoms with van der Waals surface area (Å²) in [5.74, 6) is -0.617. The summed E-state index contributed by atoms with van der Waals surface area (Å²) in [5.41, 5.74) is 4.29. The zero-order chi connectivity index (χ0) is 27.9. The molecule has 41 heavy (non-hydrogen) atoms. The molecule has 0 bridgehead atoms. The number of hydrogen-bond donors (Lipinski definition) is 2. The smallest absolute Gasteiger partial charge is 0.264 e. The second kappa shape index (κ2) is 8.99. The van der Waals surface area contributed by atoms with Gasteiger partial charge in [0.1, 0.15) is 6.04 Å². The molecule has 0 radical (unpaired) electrons. The van der Waals surface area contributed by atoms with Gasteiger partial charge in [0.2, 0.25) is 11.8 Å². The number of anilines is 1. The van der Waals surface area contributed by atoms with Crippen LogP contribution in [0.2, 0.25) is 0 Å². The molecule has 9 heteroatoms. The summed E-state index contributed by atoms with van der Waals surface area (Å²) in [7, 11) is 0. The number of para-hydroxylation sites is 1. The lowest BCUT2D eigenvalue weighted by atomic mass is 9.49. The molecule has 3 saturated carbocycles. The van der Waals surface area contributed by atoms with E-state index < -0.39 is 23.8 Å². The first kappa shape index (κ1) is 24.8. The van der Waals surface area contributed by atoms with E-state index in [0.717, 1.165) is 17.9 Å². The average molecular weight is 552 g/mol. The van der Waals surface area contributed by atoms with Crippen molar-refractivity contribution in [3.05, 3.63) is 59.3 Å². The van der Waals surface area contributed by atoms with E-state index in [0.29, 0.717) is 40.1 Å². The Bertz CT molecular complexity index is 1620. The molecule has 9 nitrogen and oxygen atoms in total. The molecule has 1 atom stereocenters. The third-order valence-electron chi connectivity index (χ3n) is 10.1. The van der Waals surface area contributed by atoms with Crippen molar-refractivity contribution in [1.29, 1.82) is 0 Å². The van der Waals surface area contributed by atoms with E-state index in [1.165, 1.54) is 55.1 Å². The predicted molar refractivity (Wildman–Crippen MR) is 151 cm³/mol. The first-order chi connectivity index (χ1) is 19.9. The summed E-state index contributed by atoms with van der Waals surface area (Å²) >= 11 is 0. The van der Waals surface area contributed by atoms with E-state index in [1.54, 1.807) is 12.1 Å². The van der Waals surface area contributed by atoms with Gasteiger partial charge in [0, 0.05) is 30.0 Å². The van der Waals surface area contributed by atoms with Crippen molar-refractivity contribution in [3.8, 4) is 0 Å². The number of fused-ring (bicyclic) bond motifs is 2. The standard InChI is InChI=1S/C32H33N5O4/c38-26-11-10-25(29(39)34-26)36-30(40)22-5-3-6-23(27(22)31(36)41)33-13-12-18-14-32(15-18)16-20(17-32)37-24-7-2-1-4-21(24)28(35-37)19-8-9-19/h1-7,18-20,25,33H,8-17H2,(H,34,38,39). The quantitative estimate of drug-likeness (QED) is 0.417. The predicted octanol–water partition coefficient (Wildman–Crippen LogP) is 4.55. The van der Waals surface area contributed by atoms with Crippen LogP contribution in [-0.2, 0) is 9.59 Å². The maximum atomic E-state index is 13.3. The number of aromatic nitrogens is 2. The van der Waals surface area contributed by atoms with Crippen LogP contribution in [0, 0.1) is 11.3 Å². The van der Waals surface area contributed by atoms with E-state index in [9.17, 15) is 19.2 Å². The minimum atomic E-state index is -0.953. The van der Waals surface area contributed by atoms with Crippen LogP contribution in [0.5, 0.6) is 0 Å². The van der Waals surface area contributed by atoms with E-state index in [4.69, 9.17) is 5.10 Å². The monoisotopic (exact) mass is 551 g/mol. The summed E-state index contributed by atoms with van der Waals surface area (Å²) in [6, 6.07) is 13.4. The van der Waals surface area contributed by atoms with E-state index >= 15 is 0 Å². The fraction of sp³-hybridized carbons (Fsp3) is 0.469. The van der Waals surface area contributed by atoms with Gasteiger partial charge in [0.05, 0.1) is 28.4 Å². The lowest BCUT2D eigenvalue weighted by molar-refractivity contribution is -0.136. The van der Waals surface area contributed by atoms with Crippen LogP contribution >= 0.6 is 0 Å². The molecule has 210 valence electrons. The molecule has 2 N–H and O–H groups in total. The Hall–Kier alpha value is -4.01. The van der Waals surface area contributed by atoms with Crippen molar-refractivity contribution in [3.63, 3.8) is 0 Å². The van der Waals surface area contributed by atoms with Crippen molar-refractivity contribution < 1.29 is 19.2 Å². The van der Waals surface area contributed by atoms with E-state index in [-0.39, 0.29) is 18.7 Å². The average Bonchev–Trinajstić information content (AvgIpc) is 3.65. The second-order valence-corrected chi connectivity index (χ2v) is 12.8. The molecule has 2 aliphatic heterocycles. The fourth-order valence-electron chi connectivity index (χ4n) is 7.94. The van der Waals surface area contributed by atoms with Gasteiger partial charge in [-0.05, 0) is 80.9 Å². The number of benzene rings is 2. The molecule has 5 aliphatic rings. The lowest BCUT2D eigenvalue weighted by Crippen LogP contribution is -2.54. The molecule has 1 spiro atoms. The first-order valence-electron chi connectivity index (χ1n) is 15.0. The minimum Gasteiger partial charge on any atom is -0.384 e. The van der Waals surface area contributed by atoms with Crippen LogP contribution in [0.3, 0.4) is 0 Å². The molecule has 3 aliphatic carbocycles. The molecule has 1 unspecified atom stereocenters. The number of nitrogens with zero attached hydrogens (tertiary/aromatic N) is 3. The van der Waals surface area contributed by atoms with Crippen LogP contribution in [0.25, 0.3) is 10.9 Å². The highest BCUT2D eigenvalue weighted by molar-refractivity contribution is 6.25. The van der Waals surface area contributed by atoms with E-state index in [1.807, 2.05) is 6.07 Å². The zero-order valence-corrected chi connectivity index (χ0v) is 22.9. The number of nitrogens with one attached hydrogen (secondary N) is 2. The fourth-order valence-corrected chi connectivity index (χ4v) is 7.94. The van der Waals surface area contributed by atoms with E-state index in [2.05, 4.69) is 39.6 Å². The molecule has 1 aromatic heterocycles. The zero-order valence-electron chi connectivity index (χ0n) is 22.9. The van der Waals surface area contributed by atoms with Crippen molar-refractivity contribution in [1.82, 2.24) is 20.0 Å². The topological polar surface area (TPSA) is 113 Å². The van der Waals surface area contributed by atoms with Crippen molar-refractivity contribution >= 4 is 40.2 Å². The molecule has 3 aromatic rings. The third-order valence-corrected chi connectivity index (χ3v) is 10.1. The SMILES string of the molecule is O=C1CCC(N2C(=O)c3cccc(NCCC4CC5(C4)CC(n4nc(C6CC6)c6ccccc64)C5)c3C2=O)C(=O)N1. The lowest BCUT2D eigenvalue weighted by Gasteiger charge is -2.58. The van der Waals surface area contributed by atoms with Gasteiger partial charge in [-0.1, -0.05) is 24.3 Å². The van der Waals surface area contributed by atoms with Gasteiger partial charge in [0.25, 0.3) is 11.8 Å². The maximum absolute atomic E-state index is 13.3. The van der Waals surface area contributed by atoms with Crippen LogP contribution in [0.15, 0.2) is 42.5 Å². The first-order valence-corrected chi connectivity index (χ1v) is 15.0. The highest BCUT2D eigenvalue weighted by Crippen LogP contribution is 2.63. The van der Waals surface area contributed by atoms with Gasteiger partial charge in [0.15, 0.2) is 0 Å². The Morgan fingerprint density at radius 3 is 2.51 bits per heavy atom.